The van der Waals surface area contributed by atoms with Crippen LogP contribution < -0.4 is 4.72 Å². The van der Waals surface area contributed by atoms with E-state index in [0.29, 0.717) is 5.56 Å². The first-order chi connectivity index (χ1) is 9.94. The summed E-state index contributed by atoms with van der Waals surface area (Å²) < 4.78 is 41.1. The Kier molecular flexibility index (Phi) is 5.10. The molecule has 0 fully saturated rings. The molecule has 0 bridgehead atoms. The average molecular weight is 374 g/mol. The number of nitrogens with one attached hydrogen (secondary N) is 1. The molecule has 7 heteroatoms. The minimum Gasteiger partial charge on any atom is -0.392 e. The summed E-state index contributed by atoms with van der Waals surface area (Å²) in [4.78, 5) is -0.471. The summed E-state index contributed by atoms with van der Waals surface area (Å²) in [6.07, 6.45) is 0. The van der Waals surface area contributed by atoms with Crippen molar-refractivity contribution in [2.24, 2.45) is 0 Å². The molecule has 0 aromatic heterocycles. The zero-order valence-corrected chi connectivity index (χ0v) is 13.3. The van der Waals surface area contributed by atoms with E-state index in [-0.39, 0.29) is 13.2 Å². The Labute approximate surface area is 130 Å². The lowest BCUT2D eigenvalue weighted by Crippen LogP contribution is -2.24. The van der Waals surface area contributed by atoms with Crippen LogP contribution in [0.3, 0.4) is 0 Å². The SMILES string of the molecule is O=S(=O)(NCc1ccccc1Br)c1cc(CO)ccc1F. The zero-order valence-electron chi connectivity index (χ0n) is 10.9. The Morgan fingerprint density at radius 1 is 1.19 bits per heavy atom. The quantitative estimate of drug-likeness (QED) is 0.846. The number of sulfonamides is 1. The molecule has 2 rings (SSSR count). The first kappa shape index (κ1) is 16.1. The molecule has 2 N–H and O–H groups in total. The molecule has 0 heterocycles. The van der Waals surface area contributed by atoms with E-state index < -0.39 is 20.7 Å². The van der Waals surface area contributed by atoms with Crippen molar-refractivity contribution in [2.75, 3.05) is 0 Å². The van der Waals surface area contributed by atoms with Gasteiger partial charge >= 0.3 is 0 Å². The Bertz CT molecular complexity index is 750. The van der Waals surface area contributed by atoms with E-state index in [1.54, 1.807) is 18.2 Å². The Balaban J connectivity index is 2.25. The van der Waals surface area contributed by atoms with Crippen LogP contribution in [0.1, 0.15) is 11.1 Å². The maximum atomic E-state index is 13.7. The second-order valence-corrected chi connectivity index (χ2v) is 6.93. The topological polar surface area (TPSA) is 66.4 Å². The van der Waals surface area contributed by atoms with E-state index in [0.717, 1.165) is 22.2 Å². The fourth-order valence-corrected chi connectivity index (χ4v) is 3.30. The molecule has 2 aromatic carbocycles. The second kappa shape index (κ2) is 6.65. The lowest BCUT2D eigenvalue weighted by molar-refractivity contribution is 0.281. The van der Waals surface area contributed by atoms with E-state index in [1.165, 1.54) is 6.07 Å². The molecule has 0 saturated heterocycles. The fourth-order valence-electron chi connectivity index (χ4n) is 1.74. The molecule has 0 aliphatic carbocycles. The third-order valence-corrected chi connectivity index (χ3v) is 5.07. The molecule has 4 nitrogen and oxygen atoms in total. The van der Waals surface area contributed by atoms with Crippen LogP contribution in [0.2, 0.25) is 0 Å². The third kappa shape index (κ3) is 3.88. The highest BCUT2D eigenvalue weighted by molar-refractivity contribution is 9.10. The predicted octanol–water partition coefficient (Wildman–Crippen LogP) is 2.56. The van der Waals surface area contributed by atoms with Crippen molar-refractivity contribution in [1.29, 1.82) is 0 Å². The van der Waals surface area contributed by atoms with Crippen molar-refractivity contribution in [1.82, 2.24) is 4.72 Å². The molecule has 0 atom stereocenters. The van der Waals surface area contributed by atoms with Gasteiger partial charge in [0.1, 0.15) is 10.7 Å². The third-order valence-electron chi connectivity index (χ3n) is 2.88. The van der Waals surface area contributed by atoms with Gasteiger partial charge in [-0.15, -0.1) is 0 Å². The van der Waals surface area contributed by atoms with Gasteiger partial charge in [-0.25, -0.2) is 17.5 Å². The maximum Gasteiger partial charge on any atom is 0.243 e. The van der Waals surface area contributed by atoms with Crippen LogP contribution in [0.15, 0.2) is 51.8 Å². The highest BCUT2D eigenvalue weighted by Gasteiger charge is 2.19. The second-order valence-electron chi connectivity index (χ2n) is 4.34. The normalized spacial score (nSPS) is 11.6. The van der Waals surface area contributed by atoms with E-state index in [2.05, 4.69) is 20.7 Å². The van der Waals surface area contributed by atoms with Crippen molar-refractivity contribution >= 4 is 26.0 Å². The minimum absolute atomic E-state index is 0.0343. The van der Waals surface area contributed by atoms with Gasteiger partial charge < -0.3 is 5.11 Å². The van der Waals surface area contributed by atoms with Gasteiger partial charge in [0.25, 0.3) is 0 Å². The molecule has 112 valence electrons. The van der Waals surface area contributed by atoms with Gasteiger partial charge in [-0.05, 0) is 29.3 Å². The van der Waals surface area contributed by atoms with Crippen LogP contribution in [0.25, 0.3) is 0 Å². The lowest BCUT2D eigenvalue weighted by Gasteiger charge is -2.10. The van der Waals surface area contributed by atoms with Crippen LogP contribution in [0.4, 0.5) is 4.39 Å². The molecule has 0 saturated carbocycles. The van der Waals surface area contributed by atoms with Crippen molar-refractivity contribution in [2.45, 2.75) is 18.0 Å². The summed E-state index contributed by atoms with van der Waals surface area (Å²) >= 11 is 3.32. The maximum absolute atomic E-state index is 13.7. The van der Waals surface area contributed by atoms with Gasteiger partial charge in [0.2, 0.25) is 10.0 Å². The molecule has 2 aromatic rings. The summed E-state index contributed by atoms with van der Waals surface area (Å²) in [5.41, 5.74) is 1.07. The predicted molar refractivity (Wildman–Crippen MR) is 80.5 cm³/mol. The van der Waals surface area contributed by atoms with Crippen molar-refractivity contribution in [3.8, 4) is 0 Å². The number of aliphatic hydroxyl groups is 1. The lowest BCUT2D eigenvalue weighted by atomic mass is 10.2. The molecule has 0 unspecified atom stereocenters. The number of halogens is 2. The Hall–Kier alpha value is -1.28. The van der Waals surface area contributed by atoms with Crippen LogP contribution in [0.5, 0.6) is 0 Å². The van der Waals surface area contributed by atoms with E-state index in [9.17, 15) is 12.8 Å². The summed E-state index contributed by atoms with van der Waals surface area (Å²) in [5.74, 6) is -0.855. The summed E-state index contributed by atoms with van der Waals surface area (Å²) in [6.45, 7) is -0.320. The van der Waals surface area contributed by atoms with Crippen LogP contribution in [-0.4, -0.2) is 13.5 Å². The van der Waals surface area contributed by atoms with Gasteiger partial charge in [0.05, 0.1) is 6.61 Å². The van der Waals surface area contributed by atoms with E-state index in [4.69, 9.17) is 5.11 Å². The van der Waals surface area contributed by atoms with Gasteiger partial charge in [0.15, 0.2) is 0 Å². The van der Waals surface area contributed by atoms with Crippen LogP contribution in [-0.2, 0) is 23.2 Å². The Morgan fingerprint density at radius 2 is 1.90 bits per heavy atom. The van der Waals surface area contributed by atoms with Gasteiger partial charge in [-0.2, -0.15) is 0 Å². The minimum atomic E-state index is -4.00. The van der Waals surface area contributed by atoms with E-state index >= 15 is 0 Å². The molecular weight excluding hydrogens is 361 g/mol. The largest absolute Gasteiger partial charge is 0.392 e. The van der Waals surface area contributed by atoms with Crippen molar-refractivity contribution in [3.05, 3.63) is 63.9 Å². The van der Waals surface area contributed by atoms with Crippen molar-refractivity contribution < 1.29 is 17.9 Å². The molecule has 0 spiro atoms. The zero-order chi connectivity index (χ0) is 15.5. The standard InChI is InChI=1S/C14H13BrFNO3S/c15-12-4-2-1-3-11(12)8-17-21(19,20)14-7-10(9-18)5-6-13(14)16/h1-7,17-18H,8-9H2. The van der Waals surface area contributed by atoms with Gasteiger partial charge in [0, 0.05) is 11.0 Å². The number of hydrogen-bond donors (Lipinski definition) is 2. The number of rotatable bonds is 5. The van der Waals surface area contributed by atoms with Crippen molar-refractivity contribution in [3.63, 3.8) is 0 Å². The number of aliphatic hydroxyl groups excluding tert-OH is 1. The molecule has 0 aliphatic heterocycles. The average Bonchev–Trinajstić information content (AvgIpc) is 2.47. The summed E-state index contributed by atoms with van der Waals surface area (Å²) in [7, 11) is -4.00. The molecule has 0 amide bonds. The Morgan fingerprint density at radius 3 is 2.57 bits per heavy atom. The molecule has 0 radical (unpaired) electrons. The monoisotopic (exact) mass is 373 g/mol. The molecular formula is C14H13BrFNO3S. The fraction of sp³-hybridized carbons (Fsp3) is 0.143. The van der Waals surface area contributed by atoms with E-state index in [1.807, 2.05) is 6.07 Å². The van der Waals surface area contributed by atoms with Gasteiger partial charge in [-0.3, -0.25) is 0 Å². The molecule has 21 heavy (non-hydrogen) atoms. The first-order valence-corrected chi connectivity index (χ1v) is 8.34. The first-order valence-electron chi connectivity index (χ1n) is 6.06. The molecule has 0 aliphatic rings. The van der Waals surface area contributed by atoms with Crippen LogP contribution in [0, 0.1) is 5.82 Å². The summed E-state index contributed by atoms with van der Waals surface area (Å²) in [5, 5.41) is 9.02. The van der Waals surface area contributed by atoms with Gasteiger partial charge in [-0.1, -0.05) is 40.2 Å². The highest BCUT2D eigenvalue weighted by atomic mass is 79.9. The highest BCUT2D eigenvalue weighted by Crippen LogP contribution is 2.19. The smallest absolute Gasteiger partial charge is 0.243 e. The number of hydrogen-bond acceptors (Lipinski definition) is 3. The number of benzene rings is 2. The summed E-state index contributed by atoms with van der Waals surface area (Å²) in [6, 6.07) is 10.6. The van der Waals surface area contributed by atoms with Crippen LogP contribution >= 0.6 is 15.9 Å².